The molecular formula is C25H17Cl2N3O4. The van der Waals surface area contributed by atoms with E-state index in [2.05, 4.69) is 4.98 Å². The average molecular weight is 494 g/mol. The number of aromatic amines is 1. The molecule has 0 saturated heterocycles. The van der Waals surface area contributed by atoms with E-state index in [0.29, 0.717) is 22.5 Å². The van der Waals surface area contributed by atoms with Crippen LogP contribution in [-0.2, 0) is 0 Å². The van der Waals surface area contributed by atoms with Crippen LogP contribution in [0.3, 0.4) is 0 Å². The lowest BCUT2D eigenvalue weighted by Crippen LogP contribution is -2.34. The van der Waals surface area contributed by atoms with E-state index in [1.165, 1.54) is 13.2 Å². The fourth-order valence-electron chi connectivity index (χ4n) is 3.97. The summed E-state index contributed by atoms with van der Waals surface area (Å²) in [6.07, 6.45) is 0. The number of hydrogen-bond donors (Lipinski definition) is 2. The maximum Gasteiger partial charge on any atom is 0.333 e. The van der Waals surface area contributed by atoms with Gasteiger partial charge in [-0.3, -0.25) is 9.36 Å². The summed E-state index contributed by atoms with van der Waals surface area (Å²) in [5, 5.41) is 11.0. The molecule has 34 heavy (non-hydrogen) atoms. The maximum atomic E-state index is 13.5. The van der Waals surface area contributed by atoms with Crippen molar-refractivity contribution in [3.05, 3.63) is 104 Å². The molecule has 5 rings (SSSR count). The maximum absolute atomic E-state index is 13.5. The Bertz CT molecular complexity index is 1670. The van der Waals surface area contributed by atoms with Crippen LogP contribution >= 0.6 is 23.2 Å². The molecule has 0 amide bonds. The number of aromatic hydroxyl groups is 1. The first-order valence-electron chi connectivity index (χ1n) is 10.2. The predicted molar refractivity (Wildman–Crippen MR) is 133 cm³/mol. The van der Waals surface area contributed by atoms with E-state index >= 15 is 0 Å². The fraction of sp³-hybridized carbons (Fsp3) is 0.0400. The van der Waals surface area contributed by atoms with Crippen molar-refractivity contribution in [1.29, 1.82) is 0 Å². The molecule has 0 aliphatic carbocycles. The third kappa shape index (κ3) is 3.46. The zero-order valence-electron chi connectivity index (χ0n) is 17.8. The molecule has 2 aromatic heterocycles. The Kier molecular flexibility index (Phi) is 5.43. The first-order valence-corrected chi connectivity index (χ1v) is 10.9. The number of halogens is 2. The zero-order valence-corrected chi connectivity index (χ0v) is 19.3. The Morgan fingerprint density at radius 2 is 1.65 bits per heavy atom. The topological polar surface area (TPSA) is 89.2 Å². The number of nitrogens with one attached hydrogen (secondary N) is 1. The standard InChI is InChI=1S/C25H17Cl2N3O4/c1-34-20-8-4-5-16(23(20)31)14-9-11-15(12-10-14)29-21(27)13-18-22(29)24(32)30(25(33)28-18)19-7-3-2-6-17(19)26/h2-13,31H,1H3,(H,28,33). The van der Waals surface area contributed by atoms with Crippen molar-refractivity contribution >= 4 is 34.2 Å². The van der Waals surface area contributed by atoms with Gasteiger partial charge in [-0.15, -0.1) is 0 Å². The van der Waals surface area contributed by atoms with Gasteiger partial charge in [-0.25, -0.2) is 9.36 Å². The highest BCUT2D eigenvalue weighted by atomic mass is 35.5. The molecule has 0 saturated carbocycles. The van der Waals surface area contributed by atoms with E-state index in [1.807, 2.05) is 0 Å². The molecule has 0 spiro atoms. The number of fused-ring (bicyclic) bond motifs is 1. The SMILES string of the molecule is COc1cccc(-c2ccc(-n3c(Cl)cc4[nH]c(=O)n(-c5ccccc5Cl)c(=O)c43)cc2)c1O. The van der Waals surface area contributed by atoms with Crippen LogP contribution < -0.4 is 16.0 Å². The van der Waals surface area contributed by atoms with E-state index in [1.54, 1.807) is 71.3 Å². The minimum atomic E-state index is -0.622. The third-order valence-corrected chi connectivity index (χ3v) is 6.15. The van der Waals surface area contributed by atoms with Gasteiger partial charge in [-0.2, -0.15) is 0 Å². The molecule has 2 heterocycles. The van der Waals surface area contributed by atoms with Crippen LogP contribution in [0.2, 0.25) is 10.2 Å². The Morgan fingerprint density at radius 3 is 2.35 bits per heavy atom. The number of nitrogens with zero attached hydrogens (tertiary/aromatic N) is 2. The summed E-state index contributed by atoms with van der Waals surface area (Å²) >= 11 is 12.7. The molecule has 0 aliphatic rings. The van der Waals surface area contributed by atoms with Crippen molar-refractivity contribution < 1.29 is 9.84 Å². The van der Waals surface area contributed by atoms with Crippen molar-refractivity contribution in [3.8, 4) is 34.0 Å². The van der Waals surface area contributed by atoms with Gasteiger partial charge in [0.15, 0.2) is 11.5 Å². The normalized spacial score (nSPS) is 11.1. The molecule has 3 aromatic carbocycles. The molecule has 0 radical (unpaired) electrons. The summed E-state index contributed by atoms with van der Waals surface area (Å²) in [5.74, 6) is 0.396. The number of ether oxygens (including phenoxy) is 1. The monoisotopic (exact) mass is 493 g/mol. The van der Waals surface area contributed by atoms with E-state index in [0.717, 1.165) is 10.1 Å². The van der Waals surface area contributed by atoms with Crippen LogP contribution in [0.4, 0.5) is 0 Å². The van der Waals surface area contributed by atoms with Gasteiger partial charge in [0, 0.05) is 11.3 Å². The van der Waals surface area contributed by atoms with E-state index in [-0.39, 0.29) is 27.1 Å². The first-order chi connectivity index (χ1) is 16.4. The number of aromatic nitrogens is 3. The first kappa shape index (κ1) is 21.9. The highest BCUT2D eigenvalue weighted by Gasteiger charge is 2.19. The van der Waals surface area contributed by atoms with E-state index < -0.39 is 11.2 Å². The van der Waals surface area contributed by atoms with E-state index in [9.17, 15) is 14.7 Å². The number of para-hydroxylation sites is 2. The molecule has 0 unspecified atom stereocenters. The lowest BCUT2D eigenvalue weighted by atomic mass is 10.0. The van der Waals surface area contributed by atoms with Crippen molar-refractivity contribution in [1.82, 2.24) is 14.1 Å². The third-order valence-electron chi connectivity index (χ3n) is 5.55. The Hall–Kier alpha value is -3.94. The number of H-pyrrole nitrogens is 1. The van der Waals surface area contributed by atoms with E-state index in [4.69, 9.17) is 27.9 Å². The Morgan fingerprint density at radius 1 is 0.912 bits per heavy atom. The van der Waals surface area contributed by atoms with Gasteiger partial charge in [0.25, 0.3) is 5.56 Å². The number of hydrogen-bond acceptors (Lipinski definition) is 4. The van der Waals surface area contributed by atoms with Crippen LogP contribution in [0.5, 0.6) is 11.5 Å². The minimum absolute atomic E-state index is 0.0300. The second-order valence-corrected chi connectivity index (χ2v) is 8.28. The van der Waals surface area contributed by atoms with Gasteiger partial charge < -0.3 is 14.8 Å². The molecule has 0 fully saturated rings. The summed E-state index contributed by atoms with van der Waals surface area (Å²) in [6, 6.07) is 20.5. The van der Waals surface area contributed by atoms with Crippen LogP contribution in [-0.4, -0.2) is 26.3 Å². The fourth-order valence-corrected chi connectivity index (χ4v) is 4.48. The molecule has 170 valence electrons. The average Bonchev–Trinajstić information content (AvgIpc) is 3.16. The second kappa shape index (κ2) is 8.44. The van der Waals surface area contributed by atoms with Crippen LogP contribution in [0.25, 0.3) is 33.5 Å². The predicted octanol–water partition coefficient (Wildman–Crippen LogP) is 5.16. The van der Waals surface area contributed by atoms with Crippen LogP contribution in [0.15, 0.2) is 82.4 Å². The summed E-state index contributed by atoms with van der Waals surface area (Å²) in [6.45, 7) is 0. The van der Waals surface area contributed by atoms with Gasteiger partial charge in [0.1, 0.15) is 10.7 Å². The summed E-state index contributed by atoms with van der Waals surface area (Å²) in [7, 11) is 1.49. The summed E-state index contributed by atoms with van der Waals surface area (Å²) in [4.78, 5) is 28.9. The summed E-state index contributed by atoms with van der Waals surface area (Å²) in [5.41, 5.74) is 1.52. The van der Waals surface area contributed by atoms with Gasteiger partial charge in [0.2, 0.25) is 0 Å². The molecule has 0 aliphatic heterocycles. The highest BCUT2D eigenvalue weighted by molar-refractivity contribution is 6.32. The molecule has 2 N–H and O–H groups in total. The number of rotatable bonds is 4. The van der Waals surface area contributed by atoms with Gasteiger partial charge in [-0.05, 0) is 42.0 Å². The van der Waals surface area contributed by atoms with Crippen molar-refractivity contribution in [2.24, 2.45) is 0 Å². The molecule has 0 atom stereocenters. The number of methoxy groups -OCH3 is 1. The molecule has 0 bridgehead atoms. The highest BCUT2D eigenvalue weighted by Crippen LogP contribution is 2.37. The van der Waals surface area contributed by atoms with Crippen molar-refractivity contribution in [2.75, 3.05) is 7.11 Å². The number of benzene rings is 3. The largest absolute Gasteiger partial charge is 0.504 e. The van der Waals surface area contributed by atoms with Gasteiger partial charge >= 0.3 is 5.69 Å². The van der Waals surface area contributed by atoms with Crippen molar-refractivity contribution in [2.45, 2.75) is 0 Å². The molecule has 5 aromatic rings. The lowest BCUT2D eigenvalue weighted by Gasteiger charge is -2.12. The van der Waals surface area contributed by atoms with Crippen LogP contribution in [0.1, 0.15) is 0 Å². The molecule has 9 heteroatoms. The summed E-state index contributed by atoms with van der Waals surface area (Å²) < 4.78 is 7.73. The lowest BCUT2D eigenvalue weighted by molar-refractivity contribution is 0.374. The minimum Gasteiger partial charge on any atom is -0.504 e. The quantitative estimate of drug-likeness (QED) is 0.361. The Balaban J connectivity index is 1.69. The Labute approximate surface area is 203 Å². The van der Waals surface area contributed by atoms with Crippen LogP contribution in [0, 0.1) is 0 Å². The number of phenols is 1. The van der Waals surface area contributed by atoms with Crippen molar-refractivity contribution in [3.63, 3.8) is 0 Å². The molecule has 7 nitrogen and oxygen atoms in total. The number of phenolic OH excluding ortho intramolecular Hbond substituents is 1. The zero-order chi connectivity index (χ0) is 24.0. The second-order valence-electron chi connectivity index (χ2n) is 7.49. The molecular weight excluding hydrogens is 477 g/mol. The smallest absolute Gasteiger partial charge is 0.333 e. The van der Waals surface area contributed by atoms with Gasteiger partial charge in [0.05, 0.1) is 23.3 Å². The van der Waals surface area contributed by atoms with Gasteiger partial charge in [-0.1, -0.05) is 59.6 Å².